The molecule has 0 atom stereocenters. The number of hydrogen-bond acceptors (Lipinski definition) is 4. The number of benzene rings is 2. The lowest BCUT2D eigenvalue weighted by atomic mass is 9.99. The van der Waals surface area contributed by atoms with Gasteiger partial charge in [-0.1, -0.05) is 24.3 Å². The van der Waals surface area contributed by atoms with E-state index in [1.807, 2.05) is 37.3 Å². The molecule has 128 valence electrons. The molecule has 2 aromatic carbocycles. The quantitative estimate of drug-likeness (QED) is 0.433. The Morgan fingerprint density at radius 1 is 1.28 bits per heavy atom. The van der Waals surface area contributed by atoms with E-state index in [1.165, 1.54) is 6.92 Å². The summed E-state index contributed by atoms with van der Waals surface area (Å²) in [5.41, 5.74) is 2.81. The molecule has 0 aliphatic carbocycles. The molecule has 25 heavy (non-hydrogen) atoms. The van der Waals surface area contributed by atoms with Crippen LogP contribution in [0.1, 0.15) is 35.5 Å². The fourth-order valence-electron chi connectivity index (χ4n) is 2.99. The number of aromatic nitrogens is 1. The molecule has 1 heterocycles. The van der Waals surface area contributed by atoms with E-state index in [0.29, 0.717) is 12.3 Å². The standard InChI is InChI=1S/C19H18N2O4/c1-4-25-19(22)17-12(3)16-10-13(9-11(2)21(23)24)14-7-5-6-8-15(14)18(16)20-17/h5-10,20H,4H2,1-3H3/b11-9+. The van der Waals surface area contributed by atoms with Crippen LogP contribution in [-0.2, 0) is 4.74 Å². The van der Waals surface area contributed by atoms with Gasteiger partial charge in [0, 0.05) is 23.8 Å². The van der Waals surface area contributed by atoms with Crippen LogP contribution in [0, 0.1) is 17.0 Å². The number of carbonyl (C=O) groups is 1. The van der Waals surface area contributed by atoms with Crippen molar-refractivity contribution in [3.8, 4) is 0 Å². The third-order valence-electron chi connectivity index (χ3n) is 4.24. The van der Waals surface area contributed by atoms with E-state index in [0.717, 1.165) is 32.8 Å². The summed E-state index contributed by atoms with van der Waals surface area (Å²) in [7, 11) is 0. The SMILES string of the molecule is CCOC(=O)c1[nH]c2c(cc(/C=C(\C)[N+](=O)[O-])c3ccccc32)c1C. The molecule has 0 saturated heterocycles. The van der Waals surface area contributed by atoms with E-state index >= 15 is 0 Å². The van der Waals surface area contributed by atoms with E-state index in [2.05, 4.69) is 4.98 Å². The van der Waals surface area contributed by atoms with Gasteiger partial charge in [-0.3, -0.25) is 10.1 Å². The van der Waals surface area contributed by atoms with Gasteiger partial charge < -0.3 is 9.72 Å². The minimum atomic E-state index is -0.410. The molecule has 0 aliphatic heterocycles. The predicted molar refractivity (Wildman–Crippen MR) is 97.1 cm³/mol. The Bertz CT molecular complexity index is 1030. The van der Waals surface area contributed by atoms with Crippen molar-refractivity contribution in [3.05, 3.63) is 63.0 Å². The Hall–Kier alpha value is -3.15. The van der Waals surface area contributed by atoms with Crippen LogP contribution >= 0.6 is 0 Å². The van der Waals surface area contributed by atoms with Gasteiger partial charge >= 0.3 is 5.97 Å². The lowest BCUT2D eigenvalue weighted by Crippen LogP contribution is -2.06. The van der Waals surface area contributed by atoms with Crippen LogP contribution in [0.5, 0.6) is 0 Å². The highest BCUT2D eigenvalue weighted by Crippen LogP contribution is 2.33. The van der Waals surface area contributed by atoms with E-state index in [9.17, 15) is 14.9 Å². The average molecular weight is 338 g/mol. The second-order valence-electron chi connectivity index (χ2n) is 5.82. The molecule has 0 aliphatic rings. The van der Waals surface area contributed by atoms with Crippen molar-refractivity contribution in [1.29, 1.82) is 0 Å². The Balaban J connectivity index is 2.35. The number of rotatable bonds is 4. The number of nitro groups is 1. The topological polar surface area (TPSA) is 85.2 Å². The van der Waals surface area contributed by atoms with Crippen LogP contribution in [0.3, 0.4) is 0 Å². The van der Waals surface area contributed by atoms with Gasteiger partial charge in [-0.25, -0.2) is 4.79 Å². The molecule has 6 nitrogen and oxygen atoms in total. The second-order valence-corrected chi connectivity index (χ2v) is 5.82. The van der Waals surface area contributed by atoms with Crippen molar-refractivity contribution in [2.45, 2.75) is 20.8 Å². The lowest BCUT2D eigenvalue weighted by molar-refractivity contribution is -0.422. The number of nitrogens with zero attached hydrogens (tertiary/aromatic N) is 1. The summed E-state index contributed by atoms with van der Waals surface area (Å²) < 4.78 is 5.11. The summed E-state index contributed by atoms with van der Waals surface area (Å²) in [5.74, 6) is -0.404. The maximum Gasteiger partial charge on any atom is 0.355 e. The van der Waals surface area contributed by atoms with Crippen LogP contribution in [0.15, 0.2) is 36.0 Å². The zero-order chi connectivity index (χ0) is 18.1. The van der Waals surface area contributed by atoms with E-state index in [-0.39, 0.29) is 5.70 Å². The van der Waals surface area contributed by atoms with Gasteiger partial charge in [-0.2, -0.15) is 0 Å². The Morgan fingerprint density at radius 3 is 2.60 bits per heavy atom. The van der Waals surface area contributed by atoms with Crippen LogP contribution in [-0.4, -0.2) is 22.5 Å². The maximum absolute atomic E-state index is 12.2. The number of hydrogen-bond donors (Lipinski definition) is 1. The van der Waals surface area contributed by atoms with Crippen molar-refractivity contribution < 1.29 is 14.5 Å². The second kappa shape index (κ2) is 6.39. The molecule has 3 rings (SSSR count). The highest BCUT2D eigenvalue weighted by atomic mass is 16.6. The molecule has 0 spiro atoms. The van der Waals surface area contributed by atoms with Crippen molar-refractivity contribution in [3.63, 3.8) is 0 Å². The summed E-state index contributed by atoms with van der Waals surface area (Å²) in [5, 5.41) is 13.6. The fraction of sp³-hybridized carbons (Fsp3) is 0.211. The van der Waals surface area contributed by atoms with E-state index < -0.39 is 10.9 Å². The van der Waals surface area contributed by atoms with Crippen LogP contribution in [0.25, 0.3) is 27.8 Å². The Kier molecular flexibility index (Phi) is 4.27. The number of ether oxygens (including phenoxy) is 1. The third-order valence-corrected chi connectivity index (χ3v) is 4.24. The number of nitrogens with one attached hydrogen (secondary N) is 1. The van der Waals surface area contributed by atoms with Crippen molar-refractivity contribution >= 4 is 33.7 Å². The zero-order valence-electron chi connectivity index (χ0n) is 14.3. The summed E-state index contributed by atoms with van der Waals surface area (Å²) in [6, 6.07) is 9.50. The first-order valence-corrected chi connectivity index (χ1v) is 7.97. The number of H-pyrrole nitrogens is 1. The molecule has 0 bridgehead atoms. The molecule has 3 aromatic rings. The minimum Gasteiger partial charge on any atom is -0.461 e. The zero-order valence-corrected chi connectivity index (χ0v) is 14.3. The molecule has 1 aromatic heterocycles. The van der Waals surface area contributed by atoms with Gasteiger partial charge in [0.15, 0.2) is 0 Å². The van der Waals surface area contributed by atoms with Gasteiger partial charge in [-0.05, 0) is 36.4 Å². The van der Waals surface area contributed by atoms with Crippen LogP contribution < -0.4 is 0 Å². The number of fused-ring (bicyclic) bond motifs is 3. The lowest BCUT2D eigenvalue weighted by Gasteiger charge is -2.05. The molecule has 0 radical (unpaired) electrons. The Morgan fingerprint density at radius 2 is 1.96 bits per heavy atom. The number of carbonyl (C=O) groups excluding carboxylic acids is 1. The van der Waals surface area contributed by atoms with Gasteiger partial charge in [-0.15, -0.1) is 0 Å². The summed E-state index contributed by atoms with van der Waals surface area (Å²) >= 11 is 0. The normalized spacial score (nSPS) is 11.9. The monoisotopic (exact) mass is 338 g/mol. The van der Waals surface area contributed by atoms with Crippen LogP contribution in [0.2, 0.25) is 0 Å². The first-order valence-electron chi connectivity index (χ1n) is 7.97. The number of aryl methyl sites for hydroxylation is 1. The summed E-state index contributed by atoms with van der Waals surface area (Å²) in [6.45, 7) is 5.36. The Labute approximate surface area is 144 Å². The highest BCUT2D eigenvalue weighted by Gasteiger charge is 2.18. The number of aromatic amines is 1. The van der Waals surface area contributed by atoms with Gasteiger partial charge in [0.1, 0.15) is 5.69 Å². The number of esters is 1. The largest absolute Gasteiger partial charge is 0.461 e. The van der Waals surface area contributed by atoms with Crippen LogP contribution in [0.4, 0.5) is 0 Å². The molecule has 0 amide bonds. The molecule has 0 unspecified atom stereocenters. The average Bonchev–Trinajstić information content (AvgIpc) is 2.92. The minimum absolute atomic E-state index is 0.0586. The van der Waals surface area contributed by atoms with Gasteiger partial charge in [0.2, 0.25) is 5.70 Å². The molecule has 0 fully saturated rings. The van der Waals surface area contributed by atoms with Crippen molar-refractivity contribution in [1.82, 2.24) is 4.98 Å². The van der Waals surface area contributed by atoms with E-state index in [1.54, 1.807) is 13.0 Å². The predicted octanol–water partition coefficient (Wildman–Crippen LogP) is 4.44. The van der Waals surface area contributed by atoms with Crippen molar-refractivity contribution in [2.24, 2.45) is 0 Å². The first-order chi connectivity index (χ1) is 11.9. The molecule has 6 heteroatoms. The summed E-state index contributed by atoms with van der Waals surface area (Å²) in [4.78, 5) is 25.9. The van der Waals surface area contributed by atoms with Crippen molar-refractivity contribution in [2.75, 3.05) is 6.61 Å². The highest BCUT2D eigenvalue weighted by molar-refractivity contribution is 6.12. The molecular weight excluding hydrogens is 320 g/mol. The van der Waals surface area contributed by atoms with Gasteiger partial charge in [0.05, 0.1) is 17.0 Å². The third kappa shape index (κ3) is 2.87. The smallest absolute Gasteiger partial charge is 0.355 e. The molecule has 1 N–H and O–H groups in total. The first kappa shape index (κ1) is 16.7. The molecular formula is C19H18N2O4. The van der Waals surface area contributed by atoms with Gasteiger partial charge in [0.25, 0.3) is 0 Å². The van der Waals surface area contributed by atoms with E-state index in [4.69, 9.17) is 4.74 Å². The fourth-order valence-corrected chi connectivity index (χ4v) is 2.99. The molecule has 0 saturated carbocycles. The number of allylic oxidation sites excluding steroid dienone is 1. The summed E-state index contributed by atoms with van der Waals surface area (Å²) in [6.07, 6.45) is 1.55. The maximum atomic E-state index is 12.2.